The number of carbonyl (C=O) groups excluding carboxylic acids is 2. The number of hydrogen-bond donors (Lipinski definition) is 0. The summed E-state index contributed by atoms with van der Waals surface area (Å²) in [5.74, 6) is -1.82. The number of carboxylic acids is 2. The average molecular weight is 726 g/mol. The predicted molar refractivity (Wildman–Crippen MR) is 125 cm³/mol. The van der Waals surface area contributed by atoms with Crippen LogP contribution in [0.15, 0.2) is 0 Å². The van der Waals surface area contributed by atoms with E-state index in [1.165, 1.54) is 89.9 Å². The topological polar surface area (TPSA) is 80.3 Å². The fourth-order valence-corrected chi connectivity index (χ4v) is 3.16. The number of hydrogen-bond acceptors (Lipinski definition) is 4. The molecule has 0 saturated heterocycles. The molecule has 0 aromatic rings. The van der Waals surface area contributed by atoms with E-state index >= 15 is 0 Å². The Morgan fingerprint density at radius 2 is 0.667 bits per heavy atom. The fourth-order valence-electron chi connectivity index (χ4n) is 3.16. The van der Waals surface area contributed by atoms with Gasteiger partial charge in [-0.25, -0.2) is 0 Å². The summed E-state index contributed by atoms with van der Waals surface area (Å²) >= 11 is 0. The van der Waals surface area contributed by atoms with Crippen molar-refractivity contribution in [3.05, 3.63) is 0 Å². The SMILES string of the molecule is CCCCCCCCCCCC(=O)[O-].CCCCCCCCCCCC(=O)[O-].[Bi+3].[Sn+4]. The van der Waals surface area contributed by atoms with Crippen LogP contribution in [0.3, 0.4) is 0 Å². The molecule has 4 nitrogen and oxygen atoms in total. The summed E-state index contributed by atoms with van der Waals surface area (Å²) < 4.78 is 0. The molecular formula is C24H46BiO4Sn+5. The second-order valence-corrected chi connectivity index (χ2v) is 7.90. The van der Waals surface area contributed by atoms with Gasteiger partial charge < -0.3 is 19.8 Å². The molecule has 0 aromatic carbocycles. The summed E-state index contributed by atoms with van der Waals surface area (Å²) in [4.78, 5) is 20.2. The number of carboxylic acid groups (broad SMARTS) is 2. The van der Waals surface area contributed by atoms with Gasteiger partial charge >= 0.3 is 50.1 Å². The summed E-state index contributed by atoms with van der Waals surface area (Å²) in [5, 5.41) is 20.2. The summed E-state index contributed by atoms with van der Waals surface area (Å²) in [5.41, 5.74) is 0. The van der Waals surface area contributed by atoms with Crippen LogP contribution in [0.5, 0.6) is 0 Å². The first-order valence-corrected chi connectivity index (χ1v) is 11.9. The number of rotatable bonds is 20. The number of aliphatic carboxylic acids is 2. The Hall–Kier alpha value is 0.622. The molecule has 0 rings (SSSR count). The molecule has 0 fully saturated rings. The number of unbranched alkanes of at least 4 members (excludes halogenated alkanes) is 16. The van der Waals surface area contributed by atoms with Gasteiger partial charge in [-0.3, -0.25) is 0 Å². The first kappa shape index (κ1) is 37.9. The van der Waals surface area contributed by atoms with Gasteiger partial charge in [0.05, 0.1) is 0 Å². The zero-order valence-electron chi connectivity index (χ0n) is 19.7. The van der Waals surface area contributed by atoms with Crippen molar-refractivity contribution in [1.29, 1.82) is 0 Å². The molecule has 30 heavy (non-hydrogen) atoms. The van der Waals surface area contributed by atoms with Gasteiger partial charge in [-0.15, -0.1) is 0 Å². The molecule has 0 aromatic heterocycles. The molecule has 6 heteroatoms. The molecule has 0 heterocycles. The van der Waals surface area contributed by atoms with E-state index in [0.717, 1.165) is 25.7 Å². The Labute approximate surface area is 222 Å². The molecule has 170 valence electrons. The summed E-state index contributed by atoms with van der Waals surface area (Å²) in [6.45, 7) is 4.44. The maximum atomic E-state index is 10.1. The Morgan fingerprint density at radius 3 is 0.867 bits per heavy atom. The van der Waals surface area contributed by atoms with Crippen molar-refractivity contribution < 1.29 is 19.8 Å². The van der Waals surface area contributed by atoms with Crippen molar-refractivity contribution in [3.63, 3.8) is 0 Å². The van der Waals surface area contributed by atoms with Gasteiger partial charge in [0, 0.05) is 11.9 Å². The van der Waals surface area contributed by atoms with Crippen molar-refractivity contribution in [2.45, 2.75) is 142 Å². The van der Waals surface area contributed by atoms with E-state index in [2.05, 4.69) is 13.8 Å². The van der Waals surface area contributed by atoms with Gasteiger partial charge in [-0.2, -0.15) is 0 Å². The van der Waals surface area contributed by atoms with E-state index in [1.807, 2.05) is 0 Å². The summed E-state index contributed by atoms with van der Waals surface area (Å²) in [7, 11) is 0. The molecule has 2 radical (unpaired) electrons. The summed E-state index contributed by atoms with van der Waals surface area (Å²) in [6.07, 6.45) is 22.3. The average Bonchev–Trinajstić information content (AvgIpc) is 2.65. The van der Waals surface area contributed by atoms with Gasteiger partial charge in [0.25, 0.3) is 0 Å². The van der Waals surface area contributed by atoms with Crippen molar-refractivity contribution >= 4 is 62.0 Å². The van der Waals surface area contributed by atoms with E-state index in [0.29, 0.717) is 0 Å². The molecular weight excluding hydrogens is 680 g/mol. The predicted octanol–water partition coefficient (Wildman–Crippen LogP) is 4.55. The van der Waals surface area contributed by atoms with Crippen molar-refractivity contribution in [2.75, 3.05) is 0 Å². The summed E-state index contributed by atoms with van der Waals surface area (Å²) in [6, 6.07) is 0. The largest absolute Gasteiger partial charge is 4.00 e. The van der Waals surface area contributed by atoms with Gasteiger partial charge in [0.1, 0.15) is 0 Å². The van der Waals surface area contributed by atoms with Crippen molar-refractivity contribution in [2.24, 2.45) is 0 Å². The zero-order valence-corrected chi connectivity index (χ0v) is 26.1. The molecule has 0 saturated carbocycles. The first-order valence-electron chi connectivity index (χ1n) is 11.9. The standard InChI is InChI=1S/2C12H24O2.Bi.Sn/c2*1-2-3-4-5-6-7-8-9-10-11-12(13)14;;/h2*2-11H2,1H3,(H,13,14);;/q;;+3;+4/p-2. The van der Waals surface area contributed by atoms with E-state index in [9.17, 15) is 19.8 Å². The minimum Gasteiger partial charge on any atom is -0.550 e. The minimum absolute atomic E-state index is 0. The van der Waals surface area contributed by atoms with Crippen LogP contribution in [-0.4, -0.2) is 62.0 Å². The van der Waals surface area contributed by atoms with Crippen molar-refractivity contribution in [1.82, 2.24) is 0 Å². The van der Waals surface area contributed by atoms with E-state index in [-0.39, 0.29) is 63.0 Å². The molecule has 0 aliphatic carbocycles. The molecule has 0 N–H and O–H groups in total. The van der Waals surface area contributed by atoms with Crippen LogP contribution in [0, 0.1) is 0 Å². The van der Waals surface area contributed by atoms with E-state index in [4.69, 9.17) is 0 Å². The van der Waals surface area contributed by atoms with E-state index in [1.54, 1.807) is 0 Å². The van der Waals surface area contributed by atoms with Gasteiger partial charge in [0.15, 0.2) is 0 Å². The Morgan fingerprint density at radius 1 is 0.467 bits per heavy atom. The fraction of sp³-hybridized carbons (Fsp3) is 0.917. The van der Waals surface area contributed by atoms with Gasteiger partial charge in [-0.1, -0.05) is 117 Å². The van der Waals surface area contributed by atoms with Crippen LogP contribution in [-0.2, 0) is 9.59 Å². The second kappa shape index (κ2) is 34.2. The maximum Gasteiger partial charge on any atom is 4.00 e. The zero-order chi connectivity index (χ0) is 21.3. The van der Waals surface area contributed by atoms with Crippen LogP contribution in [0.4, 0.5) is 0 Å². The second-order valence-electron chi connectivity index (χ2n) is 7.90. The van der Waals surface area contributed by atoms with Crippen LogP contribution in [0.25, 0.3) is 0 Å². The molecule has 0 unspecified atom stereocenters. The van der Waals surface area contributed by atoms with Crippen LogP contribution in [0.1, 0.15) is 142 Å². The Balaban J connectivity index is -0.000000211. The molecule has 0 atom stereocenters. The number of carbonyl (C=O) groups is 2. The normalized spacial score (nSPS) is 9.67. The molecule has 0 bridgehead atoms. The van der Waals surface area contributed by atoms with Crippen LogP contribution >= 0.6 is 0 Å². The third-order valence-corrected chi connectivity index (χ3v) is 4.97. The van der Waals surface area contributed by atoms with Crippen LogP contribution in [0.2, 0.25) is 0 Å². The third-order valence-electron chi connectivity index (χ3n) is 4.97. The maximum absolute atomic E-state index is 10.1. The molecule has 0 spiro atoms. The Kier molecular flexibility index (Phi) is 43.3. The van der Waals surface area contributed by atoms with E-state index < -0.39 is 11.9 Å². The molecule has 0 aliphatic rings. The monoisotopic (exact) mass is 727 g/mol. The smallest absolute Gasteiger partial charge is 0.550 e. The first-order chi connectivity index (χ1) is 13.5. The van der Waals surface area contributed by atoms with Crippen LogP contribution < -0.4 is 10.2 Å². The molecule has 0 aliphatic heterocycles. The van der Waals surface area contributed by atoms with Gasteiger partial charge in [0.2, 0.25) is 0 Å². The van der Waals surface area contributed by atoms with Gasteiger partial charge in [-0.05, 0) is 25.7 Å². The quantitative estimate of drug-likeness (QED) is 0.136. The Bertz CT molecular complexity index is 309. The third kappa shape index (κ3) is 42.7. The van der Waals surface area contributed by atoms with Crippen molar-refractivity contribution in [3.8, 4) is 0 Å². The molecule has 0 amide bonds. The minimum atomic E-state index is -0.909.